The SMILES string of the molecule is CCCCCNC(=O)C1N([C@H](CO)c2ccccc2)C(=O)[C@@H]2[C@H](C(=O)Nc3ccc(OCC)cc3)[C@]3(CC)CCC12O3. The van der Waals surface area contributed by atoms with Crippen LogP contribution in [-0.4, -0.2) is 64.7 Å². The third-order valence-electron chi connectivity index (χ3n) is 9.36. The normalized spacial score (nSPS) is 28.4. The number of carbonyl (C=O) groups excluding carboxylic acids is 3. The standard InChI is InChI=1S/C33H43N3O6/c1-4-7-11-20-34-30(39)28-33-19-18-32(5-2,42-33)26(29(38)35-23-14-16-24(17-15-23)41-6-3)27(33)31(40)36(28)25(21-37)22-12-9-8-10-13-22/h8-10,12-17,25-28,37H,4-7,11,18-21H2,1-3H3,(H,34,39)(H,35,38)/t25-,26-,27+,28?,32+,33?/m1/s1. The average Bonchev–Trinajstić information content (AvgIpc) is 3.61. The predicted octanol–water partition coefficient (Wildman–Crippen LogP) is 4.22. The highest BCUT2D eigenvalue weighted by molar-refractivity contribution is 6.02. The molecule has 9 heteroatoms. The molecule has 3 saturated heterocycles. The van der Waals surface area contributed by atoms with E-state index >= 15 is 0 Å². The van der Waals surface area contributed by atoms with Gasteiger partial charge in [-0.3, -0.25) is 14.4 Å². The summed E-state index contributed by atoms with van der Waals surface area (Å²) in [6, 6.07) is 14.7. The second-order valence-corrected chi connectivity index (χ2v) is 11.6. The van der Waals surface area contributed by atoms with Crippen molar-refractivity contribution in [1.82, 2.24) is 10.2 Å². The molecular formula is C33H43N3O6. The first-order valence-corrected chi connectivity index (χ1v) is 15.3. The highest BCUT2D eigenvalue weighted by Gasteiger charge is 2.79. The van der Waals surface area contributed by atoms with Crippen LogP contribution in [-0.2, 0) is 19.1 Å². The number of likely N-dealkylation sites (tertiary alicyclic amines) is 1. The Morgan fingerprint density at radius 1 is 1.05 bits per heavy atom. The van der Waals surface area contributed by atoms with Gasteiger partial charge in [0.05, 0.1) is 36.7 Å². The minimum atomic E-state index is -1.16. The number of aliphatic hydroxyl groups excluding tert-OH is 1. The first kappa shape index (κ1) is 30.0. The van der Waals surface area contributed by atoms with Crippen LogP contribution in [0.15, 0.2) is 54.6 Å². The van der Waals surface area contributed by atoms with Gasteiger partial charge >= 0.3 is 0 Å². The lowest BCUT2D eigenvalue weighted by Crippen LogP contribution is -2.56. The molecular weight excluding hydrogens is 534 g/mol. The summed E-state index contributed by atoms with van der Waals surface area (Å²) >= 11 is 0. The van der Waals surface area contributed by atoms with Gasteiger partial charge in [-0.15, -0.1) is 0 Å². The number of carbonyl (C=O) groups is 3. The van der Waals surface area contributed by atoms with Crippen LogP contribution in [0.4, 0.5) is 5.69 Å². The number of unbranched alkanes of at least 4 members (excludes halogenated alkanes) is 2. The van der Waals surface area contributed by atoms with Gasteiger partial charge < -0.3 is 30.1 Å². The molecule has 3 amide bonds. The van der Waals surface area contributed by atoms with E-state index in [2.05, 4.69) is 17.6 Å². The number of rotatable bonds is 13. The molecule has 3 N–H and O–H groups in total. The van der Waals surface area contributed by atoms with Gasteiger partial charge in [-0.25, -0.2) is 0 Å². The van der Waals surface area contributed by atoms with Gasteiger partial charge in [0.1, 0.15) is 17.4 Å². The average molecular weight is 578 g/mol. The Morgan fingerprint density at radius 2 is 1.79 bits per heavy atom. The lowest BCUT2D eigenvalue weighted by molar-refractivity contribution is -0.150. The van der Waals surface area contributed by atoms with Gasteiger partial charge in [0.2, 0.25) is 17.7 Å². The van der Waals surface area contributed by atoms with Crippen LogP contribution in [0.25, 0.3) is 0 Å². The molecule has 1 spiro atoms. The molecule has 5 rings (SSSR count). The van der Waals surface area contributed by atoms with Crippen molar-refractivity contribution in [3.8, 4) is 5.75 Å². The van der Waals surface area contributed by atoms with E-state index in [0.717, 1.165) is 24.8 Å². The monoisotopic (exact) mass is 577 g/mol. The number of nitrogens with one attached hydrogen (secondary N) is 2. The van der Waals surface area contributed by atoms with Crippen LogP contribution >= 0.6 is 0 Å². The zero-order valence-corrected chi connectivity index (χ0v) is 24.8. The number of ether oxygens (including phenoxy) is 2. The first-order chi connectivity index (χ1) is 20.4. The fourth-order valence-corrected chi connectivity index (χ4v) is 7.42. The third kappa shape index (κ3) is 5.07. The Kier molecular flexibility index (Phi) is 8.89. The summed E-state index contributed by atoms with van der Waals surface area (Å²) in [5, 5.41) is 16.7. The number of benzene rings is 2. The van der Waals surface area contributed by atoms with Crippen LogP contribution in [0.2, 0.25) is 0 Å². The van der Waals surface area contributed by atoms with Crippen molar-refractivity contribution in [3.63, 3.8) is 0 Å². The largest absolute Gasteiger partial charge is 0.494 e. The zero-order valence-electron chi connectivity index (χ0n) is 24.8. The van der Waals surface area contributed by atoms with E-state index in [1.165, 1.54) is 4.90 Å². The zero-order chi connectivity index (χ0) is 29.9. The minimum Gasteiger partial charge on any atom is -0.494 e. The van der Waals surface area contributed by atoms with Crippen molar-refractivity contribution in [2.24, 2.45) is 11.8 Å². The first-order valence-electron chi connectivity index (χ1n) is 15.3. The van der Waals surface area contributed by atoms with Crippen LogP contribution < -0.4 is 15.4 Å². The molecule has 3 aliphatic heterocycles. The summed E-state index contributed by atoms with van der Waals surface area (Å²) < 4.78 is 12.4. The van der Waals surface area contributed by atoms with Gasteiger partial charge in [-0.1, -0.05) is 57.0 Å². The van der Waals surface area contributed by atoms with Crippen LogP contribution in [0.5, 0.6) is 5.75 Å². The molecule has 0 aromatic heterocycles. The molecule has 0 saturated carbocycles. The van der Waals surface area contributed by atoms with E-state index in [1.807, 2.05) is 44.2 Å². The molecule has 6 atom stereocenters. The molecule has 42 heavy (non-hydrogen) atoms. The second-order valence-electron chi connectivity index (χ2n) is 11.6. The van der Waals surface area contributed by atoms with E-state index in [0.29, 0.717) is 43.9 Å². The Morgan fingerprint density at radius 3 is 2.43 bits per heavy atom. The van der Waals surface area contributed by atoms with Gasteiger partial charge in [0, 0.05) is 12.2 Å². The highest BCUT2D eigenvalue weighted by atomic mass is 16.5. The second kappa shape index (κ2) is 12.4. The lowest BCUT2D eigenvalue weighted by atomic mass is 9.65. The van der Waals surface area contributed by atoms with Crippen LogP contribution in [0, 0.1) is 11.8 Å². The summed E-state index contributed by atoms with van der Waals surface area (Å²) in [5.74, 6) is -1.86. The van der Waals surface area contributed by atoms with Crippen LogP contribution in [0.3, 0.4) is 0 Å². The number of anilines is 1. The molecule has 2 aromatic rings. The third-order valence-corrected chi connectivity index (χ3v) is 9.36. The molecule has 226 valence electrons. The van der Waals surface area contributed by atoms with Crippen molar-refractivity contribution in [2.75, 3.05) is 25.1 Å². The van der Waals surface area contributed by atoms with Crippen LogP contribution in [0.1, 0.15) is 70.9 Å². The van der Waals surface area contributed by atoms with E-state index in [1.54, 1.807) is 24.3 Å². The molecule has 2 bridgehead atoms. The molecule has 9 nitrogen and oxygen atoms in total. The molecule has 3 heterocycles. The molecule has 3 aliphatic rings. The summed E-state index contributed by atoms with van der Waals surface area (Å²) in [4.78, 5) is 44.1. The molecule has 2 unspecified atom stereocenters. The molecule has 0 radical (unpaired) electrons. The van der Waals surface area contributed by atoms with Gasteiger partial charge in [-0.2, -0.15) is 0 Å². The Balaban J connectivity index is 1.52. The van der Waals surface area contributed by atoms with Crippen molar-refractivity contribution in [1.29, 1.82) is 0 Å². The van der Waals surface area contributed by atoms with Crippen molar-refractivity contribution in [2.45, 2.75) is 82.6 Å². The van der Waals surface area contributed by atoms with E-state index in [-0.39, 0.29) is 24.3 Å². The topological polar surface area (TPSA) is 117 Å². The van der Waals surface area contributed by atoms with Crippen molar-refractivity contribution >= 4 is 23.4 Å². The minimum absolute atomic E-state index is 0.296. The van der Waals surface area contributed by atoms with E-state index in [9.17, 15) is 19.5 Å². The molecule has 3 fully saturated rings. The molecule has 2 aromatic carbocycles. The van der Waals surface area contributed by atoms with Crippen molar-refractivity contribution < 1.29 is 29.0 Å². The predicted molar refractivity (Wildman–Crippen MR) is 159 cm³/mol. The fourth-order valence-electron chi connectivity index (χ4n) is 7.42. The van der Waals surface area contributed by atoms with Gasteiger partial charge in [0.25, 0.3) is 0 Å². The Labute approximate surface area is 248 Å². The fraction of sp³-hybridized carbons (Fsp3) is 0.545. The maximum Gasteiger partial charge on any atom is 0.245 e. The number of hydrogen-bond donors (Lipinski definition) is 3. The summed E-state index contributed by atoms with van der Waals surface area (Å²) in [6.07, 6.45) is 4.41. The van der Waals surface area contributed by atoms with Gasteiger partial charge in [0.15, 0.2) is 0 Å². The number of aliphatic hydroxyl groups is 1. The smallest absolute Gasteiger partial charge is 0.245 e. The maximum absolute atomic E-state index is 14.5. The number of amides is 3. The Bertz CT molecular complexity index is 1270. The number of nitrogens with zero attached hydrogens (tertiary/aromatic N) is 1. The summed E-state index contributed by atoms with van der Waals surface area (Å²) in [5.41, 5.74) is -0.699. The summed E-state index contributed by atoms with van der Waals surface area (Å²) in [6.45, 7) is 6.64. The number of fused-ring (bicyclic) bond motifs is 1. The van der Waals surface area contributed by atoms with E-state index in [4.69, 9.17) is 9.47 Å². The Hall–Kier alpha value is -3.43. The summed E-state index contributed by atoms with van der Waals surface area (Å²) in [7, 11) is 0. The van der Waals surface area contributed by atoms with Crippen molar-refractivity contribution in [3.05, 3.63) is 60.2 Å². The maximum atomic E-state index is 14.5. The number of hydrogen-bond acceptors (Lipinski definition) is 6. The molecule has 0 aliphatic carbocycles. The lowest BCUT2D eigenvalue weighted by Gasteiger charge is -2.37. The quantitative estimate of drug-likeness (QED) is 0.307. The van der Waals surface area contributed by atoms with E-state index < -0.39 is 35.1 Å². The van der Waals surface area contributed by atoms with Gasteiger partial charge in [-0.05, 0) is 62.4 Å². The highest BCUT2D eigenvalue weighted by Crippen LogP contribution is 2.65.